The number of unbranched alkanes of at least 4 members (excludes halogenated alkanes) is 2. The van der Waals surface area contributed by atoms with E-state index in [-0.39, 0.29) is 3.92 Å². The van der Waals surface area contributed by atoms with Crippen LogP contribution in [0.2, 0.25) is 0 Å². The maximum absolute atomic E-state index is 11.4. The van der Waals surface area contributed by atoms with Gasteiger partial charge in [-0.05, 0) is 12.8 Å². The van der Waals surface area contributed by atoms with Crippen LogP contribution in [0.3, 0.4) is 0 Å². The van der Waals surface area contributed by atoms with E-state index < -0.39 is 0 Å². The van der Waals surface area contributed by atoms with Gasteiger partial charge in [0.2, 0.25) is 0 Å². The van der Waals surface area contributed by atoms with Crippen LogP contribution < -0.4 is 0 Å². The molecular formula is C10H19IO. The SMILES string of the molecule is CCCCC(=O)C(I)CCCC. The normalized spacial score (nSPS) is 12.9. The van der Waals surface area contributed by atoms with Gasteiger partial charge in [0, 0.05) is 6.42 Å². The van der Waals surface area contributed by atoms with Gasteiger partial charge in [0.05, 0.1) is 3.92 Å². The minimum absolute atomic E-state index is 0.272. The summed E-state index contributed by atoms with van der Waals surface area (Å²) in [7, 11) is 0. The number of carbonyl (C=O) groups excluding carboxylic acids is 1. The van der Waals surface area contributed by atoms with E-state index in [2.05, 4.69) is 36.4 Å². The summed E-state index contributed by atoms with van der Waals surface area (Å²) in [5, 5.41) is 0. The zero-order valence-corrected chi connectivity index (χ0v) is 10.3. The van der Waals surface area contributed by atoms with Crippen molar-refractivity contribution in [2.45, 2.75) is 56.3 Å². The molecule has 0 aromatic carbocycles. The van der Waals surface area contributed by atoms with Gasteiger partial charge in [-0.1, -0.05) is 55.7 Å². The lowest BCUT2D eigenvalue weighted by molar-refractivity contribution is -0.118. The Morgan fingerprint density at radius 1 is 1.25 bits per heavy atom. The zero-order valence-electron chi connectivity index (χ0n) is 8.11. The van der Waals surface area contributed by atoms with E-state index in [1.807, 2.05) is 0 Å². The molecule has 1 nitrogen and oxygen atoms in total. The van der Waals surface area contributed by atoms with Gasteiger partial charge in [0.15, 0.2) is 0 Å². The van der Waals surface area contributed by atoms with Gasteiger partial charge in [-0.15, -0.1) is 0 Å². The lowest BCUT2D eigenvalue weighted by Crippen LogP contribution is -2.12. The third-order valence-corrected chi connectivity index (χ3v) is 3.25. The van der Waals surface area contributed by atoms with Gasteiger partial charge in [0.25, 0.3) is 0 Å². The second-order valence-corrected chi connectivity index (χ2v) is 4.68. The molecule has 12 heavy (non-hydrogen) atoms. The van der Waals surface area contributed by atoms with Crippen molar-refractivity contribution in [3.8, 4) is 0 Å². The summed E-state index contributed by atoms with van der Waals surface area (Å²) in [5.74, 6) is 0.450. The summed E-state index contributed by atoms with van der Waals surface area (Å²) in [4.78, 5) is 11.4. The average Bonchev–Trinajstić information content (AvgIpc) is 2.10. The fourth-order valence-electron chi connectivity index (χ4n) is 1.05. The van der Waals surface area contributed by atoms with E-state index in [9.17, 15) is 4.79 Å². The molecule has 2 heteroatoms. The molecule has 72 valence electrons. The van der Waals surface area contributed by atoms with Crippen molar-refractivity contribution in [2.24, 2.45) is 0 Å². The fourth-order valence-corrected chi connectivity index (χ4v) is 1.80. The number of ketones is 1. The molecule has 0 aromatic rings. The summed E-state index contributed by atoms with van der Waals surface area (Å²) in [6, 6.07) is 0. The van der Waals surface area contributed by atoms with Crippen LogP contribution in [0.5, 0.6) is 0 Å². The van der Waals surface area contributed by atoms with E-state index in [1.54, 1.807) is 0 Å². The van der Waals surface area contributed by atoms with Crippen LogP contribution in [0.4, 0.5) is 0 Å². The molecule has 0 spiro atoms. The highest BCUT2D eigenvalue weighted by molar-refractivity contribution is 14.1. The number of Topliss-reactive ketones (excluding diaryl/α,β-unsaturated/α-hetero) is 1. The van der Waals surface area contributed by atoms with Crippen LogP contribution in [0, 0.1) is 0 Å². The highest BCUT2D eigenvalue weighted by Crippen LogP contribution is 2.14. The lowest BCUT2D eigenvalue weighted by atomic mass is 10.1. The molecule has 0 aliphatic heterocycles. The number of rotatable bonds is 7. The van der Waals surface area contributed by atoms with Crippen molar-refractivity contribution >= 4 is 28.4 Å². The standard InChI is InChI=1S/C10H19IO/c1-3-5-7-9(11)10(12)8-6-4-2/h9H,3-8H2,1-2H3. The Labute approximate surface area is 89.4 Å². The minimum atomic E-state index is 0.272. The number of alkyl halides is 1. The second-order valence-electron chi connectivity index (χ2n) is 3.18. The monoisotopic (exact) mass is 282 g/mol. The molecule has 0 saturated heterocycles. The van der Waals surface area contributed by atoms with Gasteiger partial charge >= 0.3 is 0 Å². The van der Waals surface area contributed by atoms with Gasteiger partial charge in [-0.3, -0.25) is 4.79 Å². The molecule has 0 rings (SSSR count). The molecule has 0 aliphatic carbocycles. The Hall–Kier alpha value is 0.400. The quantitative estimate of drug-likeness (QED) is 0.513. The third-order valence-electron chi connectivity index (χ3n) is 1.94. The number of halogens is 1. The Morgan fingerprint density at radius 2 is 1.83 bits per heavy atom. The third kappa shape index (κ3) is 5.98. The second kappa shape index (κ2) is 8.02. The van der Waals surface area contributed by atoms with Crippen LogP contribution in [0.1, 0.15) is 52.4 Å². The first-order valence-electron chi connectivity index (χ1n) is 4.89. The van der Waals surface area contributed by atoms with Crippen molar-refractivity contribution in [3.05, 3.63) is 0 Å². The van der Waals surface area contributed by atoms with Gasteiger partial charge in [-0.2, -0.15) is 0 Å². The molecule has 0 bridgehead atoms. The Bertz CT molecular complexity index is 123. The minimum Gasteiger partial charge on any atom is -0.299 e. The first kappa shape index (κ1) is 12.4. The van der Waals surface area contributed by atoms with Crippen molar-refractivity contribution in [1.29, 1.82) is 0 Å². The van der Waals surface area contributed by atoms with Crippen LogP contribution in [-0.2, 0) is 4.79 Å². The fraction of sp³-hybridized carbons (Fsp3) is 0.900. The maximum atomic E-state index is 11.4. The first-order valence-corrected chi connectivity index (χ1v) is 6.13. The van der Waals surface area contributed by atoms with Crippen LogP contribution in [0.15, 0.2) is 0 Å². The Morgan fingerprint density at radius 3 is 2.33 bits per heavy atom. The van der Waals surface area contributed by atoms with Crippen LogP contribution >= 0.6 is 22.6 Å². The van der Waals surface area contributed by atoms with Crippen molar-refractivity contribution in [3.63, 3.8) is 0 Å². The van der Waals surface area contributed by atoms with E-state index in [0.717, 1.165) is 25.7 Å². The maximum Gasteiger partial charge on any atom is 0.145 e. The largest absolute Gasteiger partial charge is 0.299 e. The Balaban J connectivity index is 3.47. The average molecular weight is 282 g/mol. The number of carbonyl (C=O) groups is 1. The molecule has 0 heterocycles. The van der Waals surface area contributed by atoms with E-state index in [0.29, 0.717) is 5.78 Å². The summed E-state index contributed by atoms with van der Waals surface area (Å²) in [6.45, 7) is 4.29. The lowest BCUT2D eigenvalue weighted by Gasteiger charge is -2.06. The number of hydrogen-bond donors (Lipinski definition) is 0. The summed E-state index contributed by atoms with van der Waals surface area (Å²) in [6.07, 6.45) is 6.42. The molecule has 1 atom stereocenters. The molecule has 0 fully saturated rings. The zero-order chi connectivity index (χ0) is 9.40. The molecule has 0 N–H and O–H groups in total. The number of hydrogen-bond acceptors (Lipinski definition) is 1. The molecule has 0 saturated carbocycles. The first-order chi connectivity index (χ1) is 5.72. The Kier molecular flexibility index (Phi) is 8.29. The molecule has 0 amide bonds. The van der Waals surface area contributed by atoms with Gasteiger partial charge in [0.1, 0.15) is 5.78 Å². The summed E-state index contributed by atoms with van der Waals surface area (Å²) >= 11 is 2.28. The van der Waals surface area contributed by atoms with Crippen LogP contribution in [0.25, 0.3) is 0 Å². The van der Waals surface area contributed by atoms with Crippen molar-refractivity contribution in [1.82, 2.24) is 0 Å². The van der Waals surface area contributed by atoms with Gasteiger partial charge in [-0.25, -0.2) is 0 Å². The molecular weight excluding hydrogens is 263 g/mol. The molecule has 0 aliphatic rings. The van der Waals surface area contributed by atoms with E-state index in [4.69, 9.17) is 0 Å². The van der Waals surface area contributed by atoms with Gasteiger partial charge < -0.3 is 0 Å². The molecule has 0 aromatic heterocycles. The smallest absolute Gasteiger partial charge is 0.145 e. The summed E-state index contributed by atoms with van der Waals surface area (Å²) < 4.78 is 0.272. The topological polar surface area (TPSA) is 17.1 Å². The van der Waals surface area contributed by atoms with Crippen LogP contribution in [-0.4, -0.2) is 9.71 Å². The predicted molar refractivity (Wildman–Crippen MR) is 61.9 cm³/mol. The highest BCUT2D eigenvalue weighted by atomic mass is 127. The van der Waals surface area contributed by atoms with Crippen molar-refractivity contribution < 1.29 is 4.79 Å². The van der Waals surface area contributed by atoms with E-state index >= 15 is 0 Å². The highest BCUT2D eigenvalue weighted by Gasteiger charge is 2.12. The van der Waals surface area contributed by atoms with E-state index in [1.165, 1.54) is 12.8 Å². The molecule has 1 unspecified atom stereocenters. The predicted octanol–water partition coefficient (Wildman–Crippen LogP) is 3.74. The summed E-state index contributed by atoms with van der Waals surface area (Å²) in [5.41, 5.74) is 0. The van der Waals surface area contributed by atoms with Crippen molar-refractivity contribution in [2.75, 3.05) is 0 Å². The molecule has 0 radical (unpaired) electrons.